The number of benzene rings is 2. The van der Waals surface area contributed by atoms with E-state index in [9.17, 15) is 4.79 Å². The molecule has 0 saturated heterocycles. The minimum atomic E-state index is 0.517. The van der Waals surface area contributed by atoms with Gasteiger partial charge in [0, 0.05) is 11.1 Å². The van der Waals surface area contributed by atoms with Crippen LogP contribution in [0.15, 0.2) is 48.5 Å². The number of hydrogen-bond donors (Lipinski definition) is 1. The Morgan fingerprint density at radius 1 is 0.952 bits per heavy atom. The molecule has 0 aliphatic carbocycles. The standard InChI is InChI=1S/C16H12N4O/c21-10-20-9-11-5-1-2-6-12(11)15-16(18-19-17-15)13-7-3-4-8-14(13)20/h1-8,10H,9H2,(H,17,18,19). The molecule has 1 N–H and O–H groups in total. The highest BCUT2D eigenvalue weighted by Gasteiger charge is 2.23. The Hall–Kier alpha value is -2.95. The van der Waals surface area contributed by atoms with Crippen molar-refractivity contribution in [3.8, 4) is 22.5 Å². The maximum absolute atomic E-state index is 11.5. The number of hydrogen-bond acceptors (Lipinski definition) is 3. The fourth-order valence-corrected chi connectivity index (χ4v) is 2.78. The number of aromatic amines is 1. The van der Waals surface area contributed by atoms with Gasteiger partial charge < -0.3 is 4.90 Å². The minimum absolute atomic E-state index is 0.517. The Morgan fingerprint density at radius 2 is 1.62 bits per heavy atom. The molecule has 5 heteroatoms. The Bertz CT molecular complexity index is 824. The summed E-state index contributed by atoms with van der Waals surface area (Å²) >= 11 is 0. The Labute approximate surface area is 121 Å². The van der Waals surface area contributed by atoms with E-state index in [2.05, 4.69) is 15.4 Å². The molecule has 5 nitrogen and oxygen atoms in total. The number of nitrogens with zero attached hydrogens (tertiary/aromatic N) is 3. The van der Waals surface area contributed by atoms with Crippen LogP contribution in [-0.2, 0) is 11.3 Å². The average molecular weight is 276 g/mol. The fraction of sp³-hybridized carbons (Fsp3) is 0.0625. The number of carbonyl (C=O) groups excluding carboxylic acids is 1. The van der Waals surface area contributed by atoms with Crippen molar-refractivity contribution >= 4 is 12.1 Å². The van der Waals surface area contributed by atoms with Crippen molar-refractivity contribution in [1.29, 1.82) is 0 Å². The maximum atomic E-state index is 11.5. The van der Waals surface area contributed by atoms with Crippen LogP contribution in [0.5, 0.6) is 0 Å². The van der Waals surface area contributed by atoms with E-state index in [1.807, 2.05) is 48.5 Å². The zero-order chi connectivity index (χ0) is 14.2. The Balaban J connectivity index is 2.08. The second kappa shape index (κ2) is 4.56. The Kier molecular flexibility index (Phi) is 2.57. The summed E-state index contributed by atoms with van der Waals surface area (Å²) in [5.41, 5.74) is 5.39. The first-order chi connectivity index (χ1) is 10.4. The molecule has 4 rings (SSSR count). The molecule has 2 heterocycles. The number of H-pyrrole nitrogens is 1. The van der Waals surface area contributed by atoms with Crippen molar-refractivity contribution in [1.82, 2.24) is 15.4 Å². The molecule has 1 aliphatic heterocycles. The fourth-order valence-electron chi connectivity index (χ4n) is 2.78. The molecule has 0 radical (unpaired) electrons. The minimum Gasteiger partial charge on any atom is -0.310 e. The van der Waals surface area contributed by atoms with Crippen molar-refractivity contribution in [2.45, 2.75) is 6.54 Å². The third-order valence-corrected chi connectivity index (χ3v) is 3.76. The van der Waals surface area contributed by atoms with Gasteiger partial charge in [-0.3, -0.25) is 4.79 Å². The zero-order valence-electron chi connectivity index (χ0n) is 11.2. The first-order valence-electron chi connectivity index (χ1n) is 6.69. The molecule has 1 amide bonds. The van der Waals surface area contributed by atoms with Gasteiger partial charge in [-0.2, -0.15) is 15.4 Å². The number of anilines is 1. The van der Waals surface area contributed by atoms with E-state index in [1.54, 1.807) is 4.90 Å². The normalized spacial score (nSPS) is 12.7. The van der Waals surface area contributed by atoms with Gasteiger partial charge in [-0.25, -0.2) is 0 Å². The van der Waals surface area contributed by atoms with E-state index in [-0.39, 0.29) is 0 Å². The van der Waals surface area contributed by atoms with E-state index in [1.165, 1.54) is 0 Å². The van der Waals surface area contributed by atoms with Crippen LogP contribution >= 0.6 is 0 Å². The molecule has 0 fully saturated rings. The molecule has 2 aromatic carbocycles. The molecule has 3 aromatic rings. The van der Waals surface area contributed by atoms with Crippen molar-refractivity contribution in [2.75, 3.05) is 4.90 Å². The van der Waals surface area contributed by atoms with Crippen molar-refractivity contribution < 1.29 is 4.79 Å². The van der Waals surface area contributed by atoms with Gasteiger partial charge in [-0.05, 0) is 11.6 Å². The number of fused-ring (bicyclic) bond motifs is 5. The van der Waals surface area contributed by atoms with Gasteiger partial charge in [-0.15, -0.1) is 0 Å². The van der Waals surface area contributed by atoms with Crippen LogP contribution in [0.25, 0.3) is 22.5 Å². The van der Waals surface area contributed by atoms with Gasteiger partial charge in [0.25, 0.3) is 0 Å². The molecule has 102 valence electrons. The van der Waals surface area contributed by atoms with Gasteiger partial charge in [0.1, 0.15) is 11.4 Å². The molecule has 0 saturated carbocycles. The number of nitrogens with one attached hydrogen (secondary N) is 1. The third kappa shape index (κ3) is 1.74. The van der Waals surface area contributed by atoms with E-state index in [0.29, 0.717) is 6.54 Å². The second-order valence-electron chi connectivity index (χ2n) is 4.93. The Morgan fingerprint density at radius 3 is 2.43 bits per heavy atom. The van der Waals surface area contributed by atoms with Gasteiger partial charge >= 0.3 is 0 Å². The van der Waals surface area contributed by atoms with Crippen LogP contribution in [0.1, 0.15) is 5.56 Å². The molecule has 0 atom stereocenters. The quantitative estimate of drug-likeness (QED) is 0.695. The highest BCUT2D eigenvalue weighted by molar-refractivity contribution is 5.92. The van der Waals surface area contributed by atoms with E-state index >= 15 is 0 Å². The first-order valence-corrected chi connectivity index (χ1v) is 6.69. The van der Waals surface area contributed by atoms with Crippen LogP contribution in [0.4, 0.5) is 5.69 Å². The summed E-state index contributed by atoms with van der Waals surface area (Å²) in [5, 5.41) is 11.3. The molecule has 0 bridgehead atoms. The second-order valence-corrected chi connectivity index (χ2v) is 4.93. The first kappa shape index (κ1) is 11.8. The summed E-state index contributed by atoms with van der Waals surface area (Å²) in [6.07, 6.45) is 0.862. The van der Waals surface area contributed by atoms with E-state index in [0.717, 1.165) is 40.2 Å². The number of amides is 1. The molecule has 0 unspecified atom stereocenters. The molecule has 1 aromatic heterocycles. The predicted octanol–water partition coefficient (Wildman–Crippen LogP) is 2.62. The van der Waals surface area contributed by atoms with Gasteiger partial charge in [0.15, 0.2) is 0 Å². The summed E-state index contributed by atoms with van der Waals surface area (Å²) in [6, 6.07) is 15.7. The largest absolute Gasteiger partial charge is 0.310 e. The van der Waals surface area contributed by atoms with Crippen LogP contribution in [0.3, 0.4) is 0 Å². The predicted molar refractivity (Wildman–Crippen MR) is 79.5 cm³/mol. The summed E-state index contributed by atoms with van der Waals surface area (Å²) in [5.74, 6) is 0. The summed E-state index contributed by atoms with van der Waals surface area (Å²) < 4.78 is 0. The van der Waals surface area contributed by atoms with E-state index < -0.39 is 0 Å². The highest BCUT2D eigenvalue weighted by atomic mass is 16.1. The molecule has 21 heavy (non-hydrogen) atoms. The number of para-hydroxylation sites is 1. The lowest BCUT2D eigenvalue weighted by atomic mass is 9.96. The lowest BCUT2D eigenvalue weighted by Crippen LogP contribution is -2.22. The monoisotopic (exact) mass is 276 g/mol. The summed E-state index contributed by atoms with van der Waals surface area (Å²) in [4.78, 5) is 13.2. The van der Waals surface area contributed by atoms with Crippen LogP contribution in [0.2, 0.25) is 0 Å². The van der Waals surface area contributed by atoms with Gasteiger partial charge in [-0.1, -0.05) is 42.5 Å². The van der Waals surface area contributed by atoms with E-state index in [4.69, 9.17) is 0 Å². The third-order valence-electron chi connectivity index (χ3n) is 3.76. The molecule has 1 aliphatic rings. The highest BCUT2D eigenvalue weighted by Crippen LogP contribution is 2.38. The lowest BCUT2D eigenvalue weighted by molar-refractivity contribution is -0.107. The number of rotatable bonds is 1. The topological polar surface area (TPSA) is 61.9 Å². The smallest absolute Gasteiger partial charge is 0.214 e. The zero-order valence-corrected chi connectivity index (χ0v) is 11.2. The van der Waals surface area contributed by atoms with Crippen LogP contribution in [-0.4, -0.2) is 21.8 Å². The van der Waals surface area contributed by atoms with Crippen LogP contribution < -0.4 is 4.90 Å². The van der Waals surface area contributed by atoms with Crippen molar-refractivity contribution in [3.05, 3.63) is 54.1 Å². The van der Waals surface area contributed by atoms with Gasteiger partial charge in [0.05, 0.1) is 12.2 Å². The van der Waals surface area contributed by atoms with Crippen LogP contribution in [0, 0.1) is 0 Å². The summed E-state index contributed by atoms with van der Waals surface area (Å²) in [7, 11) is 0. The molecular weight excluding hydrogens is 264 g/mol. The number of carbonyl (C=O) groups is 1. The maximum Gasteiger partial charge on any atom is 0.214 e. The van der Waals surface area contributed by atoms with Crippen molar-refractivity contribution in [2.24, 2.45) is 0 Å². The lowest BCUT2D eigenvalue weighted by Gasteiger charge is -2.24. The summed E-state index contributed by atoms with van der Waals surface area (Å²) in [6.45, 7) is 0.517. The number of aromatic nitrogens is 3. The van der Waals surface area contributed by atoms with Crippen molar-refractivity contribution in [3.63, 3.8) is 0 Å². The molecule has 0 spiro atoms. The SMILES string of the molecule is O=CN1Cc2ccccc2-c2n[nH]nc2-c2ccccc21. The average Bonchev–Trinajstić information content (AvgIpc) is 3.00. The molecular formula is C16H12N4O. The van der Waals surface area contributed by atoms with Gasteiger partial charge in [0.2, 0.25) is 6.41 Å².